The fourth-order valence-corrected chi connectivity index (χ4v) is 4.24. The number of hydrogen-bond donors (Lipinski definition) is 2. The smallest absolute Gasteiger partial charge is 0.323 e. The highest BCUT2D eigenvalue weighted by atomic mass is 32.1. The van der Waals surface area contributed by atoms with E-state index in [4.69, 9.17) is 0 Å². The predicted octanol–water partition coefficient (Wildman–Crippen LogP) is 3.19. The molecule has 4 aromatic rings. The minimum atomic E-state index is -0.154. The summed E-state index contributed by atoms with van der Waals surface area (Å²) in [4.78, 5) is 34.5. The number of carbonyl (C=O) groups is 2. The standard InChI is InChI=1S/C21H18N6O2S/c28-19(11-15-12-30-21(25-15)26-10-9-22-20(26)29)24-14-5-7-16(8-6-14)27-13-23-17-3-1-2-4-18(17)27/h1-8,12-13H,9-11H2,(H,22,29)(H,24,28). The van der Waals surface area contributed by atoms with Gasteiger partial charge in [-0.05, 0) is 36.4 Å². The zero-order valence-corrected chi connectivity index (χ0v) is 16.7. The van der Waals surface area contributed by atoms with Crippen LogP contribution in [-0.2, 0) is 11.2 Å². The number of aromatic nitrogens is 3. The van der Waals surface area contributed by atoms with E-state index in [0.29, 0.717) is 29.6 Å². The van der Waals surface area contributed by atoms with Crippen LogP contribution in [0.4, 0.5) is 15.6 Å². The number of carbonyl (C=O) groups excluding carboxylic acids is 2. The molecule has 0 unspecified atom stereocenters. The van der Waals surface area contributed by atoms with Gasteiger partial charge >= 0.3 is 6.03 Å². The number of fused-ring (bicyclic) bond motifs is 1. The van der Waals surface area contributed by atoms with E-state index in [0.717, 1.165) is 16.7 Å². The van der Waals surface area contributed by atoms with E-state index >= 15 is 0 Å². The van der Waals surface area contributed by atoms with Crippen molar-refractivity contribution in [1.29, 1.82) is 0 Å². The molecule has 1 saturated heterocycles. The average molecular weight is 418 g/mol. The van der Waals surface area contributed by atoms with E-state index in [-0.39, 0.29) is 18.4 Å². The summed E-state index contributed by atoms with van der Waals surface area (Å²) in [6.45, 7) is 1.20. The third-order valence-electron chi connectivity index (χ3n) is 4.85. The van der Waals surface area contributed by atoms with Gasteiger partial charge in [0.1, 0.15) is 6.33 Å². The van der Waals surface area contributed by atoms with Gasteiger partial charge in [-0.1, -0.05) is 12.1 Å². The van der Waals surface area contributed by atoms with Crippen LogP contribution in [0.25, 0.3) is 16.7 Å². The molecule has 0 aliphatic carbocycles. The van der Waals surface area contributed by atoms with Crippen molar-refractivity contribution < 1.29 is 9.59 Å². The highest BCUT2D eigenvalue weighted by Gasteiger charge is 2.24. The quantitative estimate of drug-likeness (QED) is 0.521. The summed E-state index contributed by atoms with van der Waals surface area (Å²) in [6, 6.07) is 15.4. The zero-order valence-electron chi connectivity index (χ0n) is 15.9. The van der Waals surface area contributed by atoms with Crippen LogP contribution in [0.5, 0.6) is 0 Å². The monoisotopic (exact) mass is 418 g/mol. The molecule has 5 rings (SSSR count). The predicted molar refractivity (Wildman–Crippen MR) is 116 cm³/mol. The maximum atomic E-state index is 12.4. The number of amides is 3. The molecular weight excluding hydrogens is 400 g/mol. The van der Waals surface area contributed by atoms with Crippen LogP contribution in [0, 0.1) is 0 Å². The van der Waals surface area contributed by atoms with E-state index in [1.165, 1.54) is 11.3 Å². The number of imidazole rings is 1. The Balaban J connectivity index is 1.24. The Morgan fingerprint density at radius 3 is 2.80 bits per heavy atom. The molecule has 0 spiro atoms. The first kappa shape index (κ1) is 18.3. The Bertz CT molecular complexity index is 1230. The number of hydrogen-bond acceptors (Lipinski definition) is 5. The van der Waals surface area contributed by atoms with Crippen LogP contribution in [-0.4, -0.2) is 39.6 Å². The second kappa shape index (κ2) is 7.60. The van der Waals surface area contributed by atoms with Crippen LogP contribution < -0.4 is 15.5 Å². The summed E-state index contributed by atoms with van der Waals surface area (Å²) in [5.41, 5.74) is 4.29. The molecule has 1 aliphatic rings. The van der Waals surface area contributed by atoms with Gasteiger partial charge in [-0.2, -0.15) is 0 Å². The van der Waals surface area contributed by atoms with Crippen molar-refractivity contribution >= 4 is 45.1 Å². The van der Waals surface area contributed by atoms with E-state index < -0.39 is 0 Å². The van der Waals surface area contributed by atoms with E-state index in [1.807, 2.05) is 58.5 Å². The van der Waals surface area contributed by atoms with Crippen molar-refractivity contribution in [2.45, 2.75) is 6.42 Å². The van der Waals surface area contributed by atoms with Crippen molar-refractivity contribution in [3.63, 3.8) is 0 Å². The molecule has 2 aromatic heterocycles. The zero-order chi connectivity index (χ0) is 20.5. The molecule has 3 amide bonds. The molecular formula is C21H18N6O2S. The minimum Gasteiger partial charge on any atom is -0.336 e. The van der Waals surface area contributed by atoms with Crippen molar-refractivity contribution in [1.82, 2.24) is 19.9 Å². The Hall–Kier alpha value is -3.72. The van der Waals surface area contributed by atoms with Crippen LogP contribution in [0.15, 0.2) is 60.2 Å². The maximum Gasteiger partial charge on any atom is 0.323 e. The third-order valence-corrected chi connectivity index (χ3v) is 5.76. The lowest BCUT2D eigenvalue weighted by Crippen LogP contribution is -2.27. The SMILES string of the molecule is O=C(Cc1csc(N2CCNC2=O)n1)Nc1ccc(-n2cnc3ccccc32)cc1. The van der Waals surface area contributed by atoms with Crippen molar-refractivity contribution in [2.75, 3.05) is 23.3 Å². The molecule has 1 aliphatic heterocycles. The van der Waals surface area contributed by atoms with Gasteiger partial charge in [0, 0.05) is 29.8 Å². The first-order valence-electron chi connectivity index (χ1n) is 9.49. The molecule has 8 nitrogen and oxygen atoms in total. The number of benzene rings is 2. The van der Waals surface area contributed by atoms with Gasteiger partial charge in [-0.3, -0.25) is 14.3 Å². The van der Waals surface area contributed by atoms with Gasteiger partial charge in [0.25, 0.3) is 0 Å². The molecule has 3 heterocycles. The van der Waals surface area contributed by atoms with Crippen molar-refractivity contribution in [3.05, 3.63) is 65.9 Å². The van der Waals surface area contributed by atoms with E-state index in [1.54, 1.807) is 11.2 Å². The fourth-order valence-electron chi connectivity index (χ4n) is 3.40. The lowest BCUT2D eigenvalue weighted by molar-refractivity contribution is -0.115. The molecule has 150 valence electrons. The highest BCUT2D eigenvalue weighted by molar-refractivity contribution is 7.14. The van der Waals surface area contributed by atoms with E-state index in [2.05, 4.69) is 20.6 Å². The second-order valence-corrected chi connectivity index (χ2v) is 7.72. The van der Waals surface area contributed by atoms with Crippen LogP contribution in [0.2, 0.25) is 0 Å². The number of anilines is 2. The maximum absolute atomic E-state index is 12.4. The Labute approximate surface area is 176 Å². The minimum absolute atomic E-state index is 0.147. The molecule has 0 atom stereocenters. The Morgan fingerprint density at radius 2 is 2.00 bits per heavy atom. The summed E-state index contributed by atoms with van der Waals surface area (Å²) in [6.07, 6.45) is 1.94. The molecule has 9 heteroatoms. The molecule has 0 bridgehead atoms. The van der Waals surface area contributed by atoms with Crippen molar-refractivity contribution in [2.24, 2.45) is 0 Å². The van der Waals surface area contributed by atoms with Crippen LogP contribution in [0.3, 0.4) is 0 Å². The first-order valence-corrected chi connectivity index (χ1v) is 10.4. The number of rotatable bonds is 5. The van der Waals surface area contributed by atoms with Crippen LogP contribution in [0.1, 0.15) is 5.69 Å². The topological polar surface area (TPSA) is 92.1 Å². The average Bonchev–Trinajstić information content (AvgIpc) is 3.48. The highest BCUT2D eigenvalue weighted by Crippen LogP contribution is 2.23. The normalized spacial score (nSPS) is 13.6. The Kier molecular flexibility index (Phi) is 4.64. The van der Waals surface area contributed by atoms with Gasteiger partial charge in [0.05, 0.1) is 23.1 Å². The van der Waals surface area contributed by atoms with Gasteiger partial charge in [0.2, 0.25) is 5.91 Å². The summed E-state index contributed by atoms with van der Waals surface area (Å²) >= 11 is 1.37. The summed E-state index contributed by atoms with van der Waals surface area (Å²) in [5, 5.41) is 8.07. The molecule has 0 saturated carbocycles. The summed E-state index contributed by atoms with van der Waals surface area (Å²) in [5.74, 6) is -0.154. The third kappa shape index (κ3) is 3.50. The Morgan fingerprint density at radius 1 is 1.17 bits per heavy atom. The number of thiazole rings is 1. The molecule has 2 aromatic carbocycles. The lowest BCUT2D eigenvalue weighted by atomic mass is 10.2. The number of nitrogens with one attached hydrogen (secondary N) is 2. The lowest BCUT2D eigenvalue weighted by Gasteiger charge is -2.09. The number of nitrogens with zero attached hydrogens (tertiary/aromatic N) is 4. The molecule has 0 radical (unpaired) electrons. The van der Waals surface area contributed by atoms with Gasteiger partial charge < -0.3 is 10.6 Å². The van der Waals surface area contributed by atoms with Crippen molar-refractivity contribution in [3.8, 4) is 5.69 Å². The first-order chi connectivity index (χ1) is 14.7. The van der Waals surface area contributed by atoms with Gasteiger partial charge in [-0.15, -0.1) is 11.3 Å². The second-order valence-electron chi connectivity index (χ2n) is 6.88. The fraction of sp³-hybridized carbons (Fsp3) is 0.143. The van der Waals surface area contributed by atoms with Gasteiger partial charge in [-0.25, -0.2) is 14.8 Å². The summed E-state index contributed by atoms with van der Waals surface area (Å²) < 4.78 is 2.01. The number of para-hydroxylation sites is 2. The summed E-state index contributed by atoms with van der Waals surface area (Å²) in [7, 11) is 0. The van der Waals surface area contributed by atoms with E-state index in [9.17, 15) is 9.59 Å². The largest absolute Gasteiger partial charge is 0.336 e. The molecule has 1 fully saturated rings. The molecule has 30 heavy (non-hydrogen) atoms. The van der Waals surface area contributed by atoms with Crippen LogP contribution >= 0.6 is 11.3 Å². The number of urea groups is 1. The van der Waals surface area contributed by atoms with Gasteiger partial charge in [0.15, 0.2) is 5.13 Å². The molecule has 2 N–H and O–H groups in total.